The molecule has 4 saturated carbocycles. The van der Waals surface area contributed by atoms with Crippen molar-refractivity contribution in [1.29, 1.82) is 0 Å². The largest absolute Gasteiger partial charge is 0.392 e. The van der Waals surface area contributed by atoms with Crippen molar-refractivity contribution in [1.82, 2.24) is 9.97 Å². The Balaban J connectivity index is 0.762. The van der Waals surface area contributed by atoms with Gasteiger partial charge >= 0.3 is 0 Å². The van der Waals surface area contributed by atoms with Gasteiger partial charge in [0.1, 0.15) is 0 Å². The average Bonchev–Trinajstić information content (AvgIpc) is 3.89. The van der Waals surface area contributed by atoms with Crippen molar-refractivity contribution >= 4 is 0 Å². The van der Waals surface area contributed by atoms with Gasteiger partial charge in [0.05, 0.1) is 60.4 Å². The summed E-state index contributed by atoms with van der Waals surface area (Å²) >= 11 is 0. The first kappa shape index (κ1) is 40.6. The van der Waals surface area contributed by atoms with E-state index in [9.17, 15) is 10.2 Å². The van der Waals surface area contributed by atoms with Crippen LogP contribution in [-0.4, -0.2) is 69.4 Å². The molecule has 2 spiro atoms. The molecule has 1 aromatic heterocycles. The fraction of sp³-hybridized carbons (Fsp3) is 0.852. The third-order valence-electron chi connectivity index (χ3n) is 22.9. The van der Waals surface area contributed by atoms with E-state index in [2.05, 4.69) is 67.5 Å². The van der Waals surface area contributed by atoms with Gasteiger partial charge < -0.3 is 29.2 Å². The van der Waals surface area contributed by atoms with Crippen molar-refractivity contribution in [3.05, 3.63) is 46.1 Å². The van der Waals surface area contributed by atoms with E-state index in [0.29, 0.717) is 47.3 Å². The lowest BCUT2D eigenvalue weighted by atomic mass is 9.44. The number of aromatic nitrogens is 2. The number of aliphatic hydroxyl groups is 2. The van der Waals surface area contributed by atoms with Crippen LogP contribution in [0.15, 0.2) is 23.3 Å². The minimum absolute atomic E-state index is 0.0317. The Labute approximate surface area is 371 Å². The molecule has 62 heavy (non-hydrogen) atoms. The van der Waals surface area contributed by atoms with Crippen molar-refractivity contribution in [3.8, 4) is 0 Å². The molecule has 5 heterocycles. The number of nitrogens with zero attached hydrogens (tertiary/aromatic N) is 2. The van der Waals surface area contributed by atoms with Crippen LogP contribution in [0.2, 0.25) is 0 Å². The second-order valence-electron chi connectivity index (χ2n) is 25.4. The van der Waals surface area contributed by atoms with Gasteiger partial charge in [-0.05, 0) is 135 Å². The fourth-order valence-electron chi connectivity index (χ4n) is 19.1. The summed E-state index contributed by atoms with van der Waals surface area (Å²) in [5.74, 6) is 4.14. The Kier molecular flexibility index (Phi) is 8.54. The van der Waals surface area contributed by atoms with E-state index in [1.807, 2.05) is 0 Å². The number of aliphatic hydroxyl groups excluding tert-OH is 2. The minimum atomic E-state index is -0.498. The van der Waals surface area contributed by atoms with Crippen LogP contribution in [0.1, 0.15) is 142 Å². The second-order valence-corrected chi connectivity index (χ2v) is 25.4. The summed E-state index contributed by atoms with van der Waals surface area (Å²) in [6.07, 6.45) is 19.0. The zero-order valence-electron chi connectivity index (χ0n) is 39.1. The van der Waals surface area contributed by atoms with Crippen LogP contribution in [0.5, 0.6) is 0 Å². The molecule has 8 fully saturated rings. The minimum Gasteiger partial charge on any atom is -0.392 e. The van der Waals surface area contributed by atoms with Crippen LogP contribution in [0.25, 0.3) is 0 Å². The fourth-order valence-corrected chi connectivity index (χ4v) is 19.1. The van der Waals surface area contributed by atoms with Crippen molar-refractivity contribution < 1.29 is 29.2 Å². The zero-order chi connectivity index (χ0) is 42.7. The first-order valence-electron chi connectivity index (χ1n) is 25.8. The number of rotatable bonds is 0. The first-order valence-corrected chi connectivity index (χ1v) is 25.8. The highest BCUT2D eigenvalue weighted by molar-refractivity contribution is 5.40. The molecule has 0 aromatic carbocycles. The summed E-state index contributed by atoms with van der Waals surface area (Å²) in [7, 11) is 0. The van der Waals surface area contributed by atoms with Crippen molar-refractivity contribution in [3.63, 3.8) is 0 Å². The van der Waals surface area contributed by atoms with Gasteiger partial charge in [-0.3, -0.25) is 9.97 Å². The standard InChI is InChI=1S/C54H76N2O6/c1-27-13-15-53(59-25-27)29(3)47-43(61-53)19-37-33-11-9-31-17-39-41(23-49(31,5)35(33)21-45(57)51(37,47)7)55-40-18-32-10-12-34-36(50(32,6)24-42(40)56-39)22-46(58)52(8)38(34)20-44-48(52)30(4)54(62-44)16-14-28(2)26-60-54/h19-20,27-36,43-48,57-58H,9-18,21-26H2,1-8H3/t27-,28-,29+,30+,31+,32+,33-,34-,35+,36+,43+,44+,45+,46+,47+,48+,49+,50+,51-,52-,53-,54-/m1/s1. The van der Waals surface area contributed by atoms with Crippen molar-refractivity contribution in [2.24, 2.45) is 92.7 Å². The van der Waals surface area contributed by atoms with Crippen molar-refractivity contribution in [2.45, 2.75) is 181 Å². The molecule has 4 saturated heterocycles. The molecule has 8 aliphatic carbocycles. The maximum atomic E-state index is 12.4. The molecule has 2 N–H and O–H groups in total. The SMILES string of the molecule is C[C@@H]1CC[C@@]2(OC1)O[C@H]1C=C3[C@@H]4CC[C@H]5Cc6nc7c(nc6C[C@]5(C)[C@H]4C[C@H](O)[C@]3(C)[C@H]1[C@@H]2C)C[C@@H]1CC[C@H]2C3=C[C@@H]4O[C@]5(CC[C@@H](C)CO5)[C@@H](C)[C@@H]4[C@@]3(C)[C@@H](O)C[C@@H]2[C@@]1(C)C7. The molecule has 338 valence electrons. The molecule has 4 aliphatic heterocycles. The van der Waals surface area contributed by atoms with E-state index in [1.165, 1.54) is 59.6 Å². The van der Waals surface area contributed by atoms with Crippen LogP contribution in [0.3, 0.4) is 0 Å². The number of fused-ring (bicyclic) bond motifs is 16. The van der Waals surface area contributed by atoms with Gasteiger partial charge in [0.2, 0.25) is 0 Å². The summed E-state index contributed by atoms with van der Waals surface area (Å²) in [5, 5.41) is 24.9. The summed E-state index contributed by atoms with van der Waals surface area (Å²) in [5.41, 5.74) is 7.65. The molecule has 0 bridgehead atoms. The number of hydrogen-bond donors (Lipinski definition) is 2. The van der Waals surface area contributed by atoms with E-state index in [-0.39, 0.29) is 69.7 Å². The Morgan fingerprint density at radius 2 is 0.984 bits per heavy atom. The molecule has 12 aliphatic rings. The molecule has 8 heteroatoms. The molecular weight excluding hydrogens is 773 g/mol. The lowest BCUT2D eigenvalue weighted by Gasteiger charge is -2.61. The van der Waals surface area contributed by atoms with Crippen LogP contribution in [0.4, 0.5) is 0 Å². The molecule has 0 radical (unpaired) electrons. The van der Waals surface area contributed by atoms with E-state index >= 15 is 0 Å². The zero-order valence-corrected chi connectivity index (χ0v) is 39.1. The lowest BCUT2D eigenvalue weighted by Crippen LogP contribution is -2.58. The topological polar surface area (TPSA) is 103 Å². The van der Waals surface area contributed by atoms with E-state index < -0.39 is 11.6 Å². The van der Waals surface area contributed by atoms with Gasteiger partial charge in [-0.15, -0.1) is 0 Å². The van der Waals surface area contributed by atoms with E-state index in [1.54, 1.807) is 0 Å². The van der Waals surface area contributed by atoms with E-state index in [0.717, 1.165) is 77.4 Å². The highest BCUT2D eigenvalue weighted by Gasteiger charge is 2.71. The maximum absolute atomic E-state index is 12.4. The third kappa shape index (κ3) is 4.97. The molecule has 22 atom stereocenters. The summed E-state index contributed by atoms with van der Waals surface area (Å²) in [4.78, 5) is 11.3. The Morgan fingerprint density at radius 1 is 0.565 bits per heavy atom. The quantitative estimate of drug-likeness (QED) is 0.250. The van der Waals surface area contributed by atoms with Crippen molar-refractivity contribution in [2.75, 3.05) is 13.2 Å². The molecule has 0 amide bonds. The lowest BCUT2D eigenvalue weighted by molar-refractivity contribution is -0.265. The maximum Gasteiger partial charge on any atom is 0.172 e. The Morgan fingerprint density at radius 3 is 1.37 bits per heavy atom. The van der Waals surface area contributed by atoms with E-state index in [4.69, 9.17) is 28.9 Å². The monoisotopic (exact) mass is 849 g/mol. The van der Waals surface area contributed by atoms with Gasteiger partial charge in [0.15, 0.2) is 11.6 Å². The van der Waals surface area contributed by atoms with Gasteiger partial charge in [0.25, 0.3) is 0 Å². The summed E-state index contributed by atoms with van der Waals surface area (Å²) in [6.45, 7) is 20.7. The third-order valence-corrected chi connectivity index (χ3v) is 22.9. The Hall–Kier alpha value is -1.68. The number of ether oxygens (including phenoxy) is 4. The van der Waals surface area contributed by atoms with Gasteiger partial charge in [-0.1, -0.05) is 78.7 Å². The smallest absolute Gasteiger partial charge is 0.172 e. The van der Waals surface area contributed by atoms with Crippen LogP contribution in [-0.2, 0) is 44.6 Å². The normalized spacial score (nSPS) is 57.8. The summed E-state index contributed by atoms with van der Waals surface area (Å²) < 4.78 is 27.1. The predicted molar refractivity (Wildman–Crippen MR) is 235 cm³/mol. The summed E-state index contributed by atoms with van der Waals surface area (Å²) in [6, 6.07) is 0. The Bertz CT molecular complexity index is 1970. The van der Waals surface area contributed by atoms with Crippen LogP contribution < -0.4 is 0 Å². The predicted octanol–water partition coefficient (Wildman–Crippen LogP) is 8.98. The molecule has 8 nitrogen and oxygen atoms in total. The molecule has 13 rings (SSSR count). The van der Waals surface area contributed by atoms with Crippen LogP contribution >= 0.6 is 0 Å². The van der Waals surface area contributed by atoms with Gasteiger partial charge in [-0.2, -0.15) is 0 Å². The molecule has 1 aromatic rings. The van der Waals surface area contributed by atoms with Crippen LogP contribution in [0, 0.1) is 92.7 Å². The molecule has 0 unspecified atom stereocenters. The van der Waals surface area contributed by atoms with Gasteiger partial charge in [-0.25, -0.2) is 0 Å². The average molecular weight is 849 g/mol. The second kappa shape index (κ2) is 13.1. The highest BCUT2D eigenvalue weighted by atomic mass is 16.7. The molecular formula is C54H76N2O6. The van der Waals surface area contributed by atoms with Gasteiger partial charge in [0, 0.05) is 47.3 Å². The first-order chi connectivity index (χ1) is 29.5. The number of hydrogen-bond acceptors (Lipinski definition) is 8. The highest BCUT2D eigenvalue weighted by Crippen LogP contribution is 2.71.